The van der Waals surface area contributed by atoms with E-state index in [0.717, 1.165) is 25.7 Å². The predicted octanol–water partition coefficient (Wildman–Crippen LogP) is -0.203. The Morgan fingerprint density at radius 3 is 2.35 bits per heavy atom. The smallest absolute Gasteiger partial charge is 0.328 e. The van der Waals surface area contributed by atoms with Crippen LogP contribution >= 0.6 is 0 Å². The maximum atomic E-state index is 11.6. The molecular weight excluding hydrogens is 222 g/mol. The minimum atomic E-state index is -0.699. The Kier molecular flexibility index (Phi) is 3.69. The average Bonchev–Trinajstić information content (AvgIpc) is 2.83. The van der Waals surface area contributed by atoms with E-state index < -0.39 is 11.8 Å². The average molecular weight is 237 g/mol. The second-order valence-electron chi connectivity index (χ2n) is 4.12. The van der Waals surface area contributed by atoms with E-state index in [2.05, 4.69) is 20.9 Å². The van der Waals surface area contributed by atoms with E-state index in [4.69, 9.17) is 0 Å². The van der Waals surface area contributed by atoms with Crippen LogP contribution < -0.4 is 10.7 Å². The van der Waals surface area contributed by atoms with Crippen molar-refractivity contribution in [3.63, 3.8) is 0 Å². The molecule has 17 heavy (non-hydrogen) atoms. The third-order valence-corrected chi connectivity index (χ3v) is 2.80. The van der Waals surface area contributed by atoms with Gasteiger partial charge in [0.15, 0.2) is 0 Å². The van der Waals surface area contributed by atoms with Gasteiger partial charge in [0.1, 0.15) is 12.7 Å². The number of nitrogens with one attached hydrogen (secondary N) is 2. The van der Waals surface area contributed by atoms with Gasteiger partial charge in [0.2, 0.25) is 0 Å². The third-order valence-electron chi connectivity index (χ3n) is 2.80. The first kappa shape index (κ1) is 11.6. The summed E-state index contributed by atoms with van der Waals surface area (Å²) in [7, 11) is 0. The number of aromatic nitrogens is 3. The van der Waals surface area contributed by atoms with Crippen LogP contribution in [0.3, 0.4) is 0 Å². The molecule has 1 saturated carbocycles. The van der Waals surface area contributed by atoms with Crippen molar-refractivity contribution in [2.45, 2.75) is 38.1 Å². The Hall–Kier alpha value is -1.92. The normalized spacial score (nSPS) is 16.5. The molecule has 1 heterocycles. The topological polar surface area (TPSA) is 88.9 Å². The quantitative estimate of drug-likeness (QED) is 0.697. The Bertz CT molecular complexity index is 383. The van der Waals surface area contributed by atoms with Crippen molar-refractivity contribution in [2.75, 3.05) is 5.43 Å². The van der Waals surface area contributed by atoms with Crippen molar-refractivity contribution >= 4 is 11.8 Å². The molecule has 0 bridgehead atoms. The maximum Gasteiger partial charge on any atom is 0.328 e. The van der Waals surface area contributed by atoms with Crippen molar-refractivity contribution in [1.29, 1.82) is 0 Å². The van der Waals surface area contributed by atoms with Gasteiger partial charge in [-0.3, -0.25) is 15.0 Å². The molecule has 1 aromatic heterocycles. The number of hydrogen-bond acceptors (Lipinski definition) is 4. The summed E-state index contributed by atoms with van der Waals surface area (Å²) in [5.41, 5.74) is 2.35. The van der Waals surface area contributed by atoms with Crippen LogP contribution in [0.4, 0.5) is 0 Å². The van der Waals surface area contributed by atoms with Gasteiger partial charge in [0.25, 0.3) is 0 Å². The van der Waals surface area contributed by atoms with E-state index >= 15 is 0 Å². The fraction of sp³-hybridized carbons (Fsp3) is 0.600. The summed E-state index contributed by atoms with van der Waals surface area (Å²) < 4.78 is 1.24. The molecule has 2 amide bonds. The van der Waals surface area contributed by atoms with Crippen LogP contribution in [0.15, 0.2) is 12.7 Å². The lowest BCUT2D eigenvalue weighted by molar-refractivity contribution is -0.137. The number of carbonyl (C=O) groups is 2. The molecule has 7 heteroatoms. The van der Waals surface area contributed by atoms with Gasteiger partial charge >= 0.3 is 11.8 Å². The number of hydrogen-bond donors (Lipinski definition) is 2. The molecular formula is C10H15N5O2. The van der Waals surface area contributed by atoms with Crippen LogP contribution in [0.5, 0.6) is 0 Å². The molecule has 7 nitrogen and oxygen atoms in total. The van der Waals surface area contributed by atoms with Crippen LogP contribution in [-0.4, -0.2) is 32.7 Å². The second-order valence-corrected chi connectivity index (χ2v) is 4.12. The van der Waals surface area contributed by atoms with Crippen LogP contribution in [-0.2, 0) is 9.59 Å². The zero-order chi connectivity index (χ0) is 12.1. The highest BCUT2D eigenvalue weighted by Crippen LogP contribution is 2.17. The zero-order valence-electron chi connectivity index (χ0n) is 9.43. The van der Waals surface area contributed by atoms with Gasteiger partial charge in [0, 0.05) is 6.04 Å². The summed E-state index contributed by atoms with van der Waals surface area (Å²) in [5.74, 6) is -1.30. The van der Waals surface area contributed by atoms with E-state index in [1.54, 1.807) is 0 Å². The molecule has 0 aliphatic heterocycles. The molecule has 0 atom stereocenters. The Labute approximate surface area is 98.6 Å². The van der Waals surface area contributed by atoms with E-state index in [1.165, 1.54) is 23.8 Å². The van der Waals surface area contributed by atoms with Gasteiger partial charge in [-0.1, -0.05) is 19.3 Å². The highest BCUT2D eigenvalue weighted by atomic mass is 16.2. The van der Waals surface area contributed by atoms with E-state index in [1.807, 2.05) is 0 Å². The molecule has 0 aromatic carbocycles. The van der Waals surface area contributed by atoms with Gasteiger partial charge in [-0.25, -0.2) is 4.68 Å². The van der Waals surface area contributed by atoms with E-state index in [0.29, 0.717) is 0 Å². The van der Waals surface area contributed by atoms with Crippen molar-refractivity contribution < 1.29 is 9.59 Å². The van der Waals surface area contributed by atoms with Crippen molar-refractivity contribution in [3.8, 4) is 0 Å². The molecule has 0 saturated heterocycles. The van der Waals surface area contributed by atoms with Crippen LogP contribution in [0, 0.1) is 0 Å². The Morgan fingerprint density at radius 2 is 1.71 bits per heavy atom. The highest BCUT2D eigenvalue weighted by Gasteiger charge is 2.20. The lowest BCUT2D eigenvalue weighted by Gasteiger charge is -2.22. The molecule has 0 spiro atoms. The van der Waals surface area contributed by atoms with Crippen LogP contribution in [0.2, 0.25) is 0 Å². The number of amides is 2. The first-order valence-corrected chi connectivity index (χ1v) is 5.72. The zero-order valence-corrected chi connectivity index (χ0v) is 9.43. The highest BCUT2D eigenvalue weighted by molar-refractivity contribution is 6.38. The minimum absolute atomic E-state index is 0.128. The van der Waals surface area contributed by atoms with Crippen molar-refractivity contribution in [1.82, 2.24) is 20.2 Å². The minimum Gasteiger partial charge on any atom is -0.345 e. The SMILES string of the molecule is O=C(NC1CCCCC1)C(=O)Nn1cnnc1. The van der Waals surface area contributed by atoms with Gasteiger partial charge in [-0.2, -0.15) is 0 Å². The first-order chi connectivity index (χ1) is 8.25. The fourth-order valence-corrected chi connectivity index (χ4v) is 1.92. The van der Waals surface area contributed by atoms with Gasteiger partial charge in [-0.15, -0.1) is 10.2 Å². The van der Waals surface area contributed by atoms with Gasteiger partial charge < -0.3 is 5.32 Å². The molecule has 2 rings (SSSR count). The molecule has 0 unspecified atom stereocenters. The molecule has 92 valence electrons. The molecule has 2 N–H and O–H groups in total. The number of nitrogens with zero attached hydrogens (tertiary/aromatic N) is 3. The van der Waals surface area contributed by atoms with Gasteiger partial charge in [0.05, 0.1) is 0 Å². The molecule has 1 aliphatic carbocycles. The summed E-state index contributed by atoms with van der Waals surface area (Å²) in [6, 6.07) is 0.128. The largest absolute Gasteiger partial charge is 0.345 e. The molecule has 0 radical (unpaired) electrons. The van der Waals surface area contributed by atoms with Crippen LogP contribution in [0.1, 0.15) is 32.1 Å². The second kappa shape index (κ2) is 5.42. The summed E-state index contributed by atoms with van der Waals surface area (Å²) in [6.45, 7) is 0. The van der Waals surface area contributed by atoms with E-state index in [9.17, 15) is 9.59 Å². The maximum absolute atomic E-state index is 11.6. The summed E-state index contributed by atoms with van der Waals surface area (Å²) in [6.07, 6.45) is 7.95. The van der Waals surface area contributed by atoms with Gasteiger partial charge in [-0.05, 0) is 12.8 Å². The molecule has 1 aliphatic rings. The number of carbonyl (C=O) groups excluding carboxylic acids is 2. The summed E-state index contributed by atoms with van der Waals surface area (Å²) >= 11 is 0. The predicted molar refractivity (Wildman–Crippen MR) is 59.4 cm³/mol. The Morgan fingerprint density at radius 1 is 1.06 bits per heavy atom. The fourth-order valence-electron chi connectivity index (χ4n) is 1.92. The lowest BCUT2D eigenvalue weighted by Crippen LogP contribution is -2.44. The Balaban J connectivity index is 1.80. The van der Waals surface area contributed by atoms with Crippen molar-refractivity contribution in [3.05, 3.63) is 12.7 Å². The van der Waals surface area contributed by atoms with Crippen molar-refractivity contribution in [2.24, 2.45) is 0 Å². The molecule has 1 aromatic rings. The molecule has 1 fully saturated rings. The monoisotopic (exact) mass is 237 g/mol. The third kappa shape index (κ3) is 3.27. The summed E-state index contributed by atoms with van der Waals surface area (Å²) in [4.78, 5) is 23.0. The van der Waals surface area contributed by atoms with E-state index in [-0.39, 0.29) is 6.04 Å². The van der Waals surface area contributed by atoms with Crippen LogP contribution in [0.25, 0.3) is 0 Å². The number of rotatable bonds is 2. The lowest BCUT2D eigenvalue weighted by atomic mass is 9.95. The standard InChI is InChI=1S/C10H15N5O2/c16-9(13-8-4-2-1-3-5-8)10(17)14-15-6-11-12-7-15/h6-8H,1-5H2,(H,13,16)(H,14,17). The first-order valence-electron chi connectivity index (χ1n) is 5.72. The summed E-state index contributed by atoms with van der Waals surface area (Å²) in [5, 5.41) is 9.76.